The molecule has 0 aromatic carbocycles. The lowest BCUT2D eigenvalue weighted by molar-refractivity contribution is -0.132. The summed E-state index contributed by atoms with van der Waals surface area (Å²) in [6.45, 7) is 10.7. The Labute approximate surface area is 144 Å². The second kappa shape index (κ2) is 8.07. The van der Waals surface area contributed by atoms with E-state index in [4.69, 9.17) is 4.52 Å². The van der Waals surface area contributed by atoms with E-state index in [-0.39, 0.29) is 6.04 Å². The van der Waals surface area contributed by atoms with Gasteiger partial charge in [0.25, 0.3) is 0 Å². The predicted molar refractivity (Wildman–Crippen MR) is 90.5 cm³/mol. The summed E-state index contributed by atoms with van der Waals surface area (Å²) >= 11 is 0. The summed E-state index contributed by atoms with van der Waals surface area (Å²) in [6, 6.07) is 0.156. The zero-order valence-corrected chi connectivity index (χ0v) is 14.9. The molecule has 2 aliphatic rings. The van der Waals surface area contributed by atoms with Crippen LogP contribution in [-0.4, -0.2) is 76.6 Å². The smallest absolute Gasteiger partial charge is 0.243 e. The van der Waals surface area contributed by atoms with Crippen LogP contribution in [0.1, 0.15) is 50.4 Å². The van der Waals surface area contributed by atoms with Crippen molar-refractivity contribution in [2.24, 2.45) is 0 Å². The van der Waals surface area contributed by atoms with E-state index >= 15 is 0 Å². The van der Waals surface area contributed by atoms with Crippen molar-refractivity contribution in [3.8, 4) is 0 Å². The summed E-state index contributed by atoms with van der Waals surface area (Å²) in [5.74, 6) is 1.71. The van der Waals surface area contributed by atoms with Crippen LogP contribution in [0.25, 0.3) is 0 Å². The Hall–Kier alpha value is -1.47. The molecule has 24 heavy (non-hydrogen) atoms. The average molecular weight is 335 g/mol. The molecule has 2 fully saturated rings. The van der Waals surface area contributed by atoms with Crippen LogP contribution >= 0.6 is 0 Å². The maximum absolute atomic E-state index is 12.3. The minimum absolute atomic E-state index is 0.156. The number of carbonyl (C=O) groups is 1. The number of likely N-dealkylation sites (tertiary alicyclic amines) is 1. The zero-order chi connectivity index (χ0) is 16.9. The fourth-order valence-electron chi connectivity index (χ4n) is 3.57. The van der Waals surface area contributed by atoms with Gasteiger partial charge in [0, 0.05) is 52.2 Å². The molecule has 0 spiro atoms. The Balaban J connectivity index is 1.39. The summed E-state index contributed by atoms with van der Waals surface area (Å²) < 4.78 is 5.29. The van der Waals surface area contributed by atoms with E-state index in [0.717, 1.165) is 58.7 Å². The third kappa shape index (κ3) is 4.33. The van der Waals surface area contributed by atoms with Gasteiger partial charge in [-0.3, -0.25) is 9.69 Å². The van der Waals surface area contributed by atoms with Gasteiger partial charge >= 0.3 is 0 Å². The molecule has 3 rings (SSSR count). The number of carbonyl (C=O) groups excluding carboxylic acids is 1. The van der Waals surface area contributed by atoms with Gasteiger partial charge in [0.15, 0.2) is 5.82 Å². The number of nitrogens with zero attached hydrogens (tertiary/aromatic N) is 5. The summed E-state index contributed by atoms with van der Waals surface area (Å²) in [7, 11) is 0. The number of aryl methyl sites for hydroxylation is 1. The SMILES string of the molecule is Cc1noc([C@@H](C)N2CCN(CCC(=O)N3CCCCC3)CC2)n1. The van der Waals surface area contributed by atoms with E-state index in [1.54, 1.807) is 0 Å². The fourth-order valence-corrected chi connectivity index (χ4v) is 3.57. The maximum atomic E-state index is 12.3. The number of amides is 1. The number of aromatic nitrogens is 2. The van der Waals surface area contributed by atoms with E-state index < -0.39 is 0 Å². The monoisotopic (exact) mass is 335 g/mol. The van der Waals surface area contributed by atoms with Crippen LogP contribution in [0, 0.1) is 6.92 Å². The Morgan fingerprint density at radius 1 is 1.12 bits per heavy atom. The highest BCUT2D eigenvalue weighted by Crippen LogP contribution is 2.20. The van der Waals surface area contributed by atoms with E-state index in [9.17, 15) is 4.79 Å². The average Bonchev–Trinajstić information content (AvgIpc) is 3.06. The molecule has 0 radical (unpaired) electrons. The van der Waals surface area contributed by atoms with Crippen LogP contribution < -0.4 is 0 Å². The lowest BCUT2D eigenvalue weighted by Crippen LogP contribution is -2.48. The number of hydrogen-bond acceptors (Lipinski definition) is 6. The van der Waals surface area contributed by atoms with Crippen LogP contribution in [0.4, 0.5) is 0 Å². The number of piperazine rings is 1. The molecule has 1 amide bonds. The number of hydrogen-bond donors (Lipinski definition) is 0. The van der Waals surface area contributed by atoms with Gasteiger partial charge in [-0.15, -0.1) is 0 Å². The predicted octanol–water partition coefficient (Wildman–Crippen LogP) is 1.46. The van der Waals surface area contributed by atoms with Gasteiger partial charge in [0.2, 0.25) is 11.8 Å². The van der Waals surface area contributed by atoms with Crippen molar-refractivity contribution in [1.29, 1.82) is 0 Å². The van der Waals surface area contributed by atoms with E-state index in [0.29, 0.717) is 24.0 Å². The van der Waals surface area contributed by atoms with Crippen LogP contribution in [0.5, 0.6) is 0 Å². The Kier molecular flexibility index (Phi) is 5.84. The lowest BCUT2D eigenvalue weighted by atomic mass is 10.1. The second-order valence-corrected chi connectivity index (χ2v) is 6.92. The Morgan fingerprint density at radius 2 is 1.83 bits per heavy atom. The van der Waals surface area contributed by atoms with E-state index in [1.807, 2.05) is 11.8 Å². The highest BCUT2D eigenvalue weighted by atomic mass is 16.5. The summed E-state index contributed by atoms with van der Waals surface area (Å²) in [4.78, 5) is 23.4. The molecule has 1 aromatic rings. The first-order valence-electron chi connectivity index (χ1n) is 9.18. The Morgan fingerprint density at radius 3 is 2.46 bits per heavy atom. The highest BCUT2D eigenvalue weighted by Gasteiger charge is 2.26. The molecule has 0 saturated carbocycles. The first-order chi connectivity index (χ1) is 11.6. The third-order valence-electron chi connectivity index (χ3n) is 5.21. The lowest BCUT2D eigenvalue weighted by Gasteiger charge is -2.37. The van der Waals surface area contributed by atoms with Crippen LogP contribution in [0.3, 0.4) is 0 Å². The number of piperidine rings is 1. The van der Waals surface area contributed by atoms with Gasteiger partial charge in [-0.1, -0.05) is 5.16 Å². The molecular weight excluding hydrogens is 306 g/mol. The molecule has 7 nitrogen and oxygen atoms in total. The van der Waals surface area contributed by atoms with Gasteiger partial charge in [0.05, 0.1) is 6.04 Å². The van der Waals surface area contributed by atoms with Gasteiger partial charge in [-0.05, 0) is 33.1 Å². The van der Waals surface area contributed by atoms with Gasteiger partial charge in [-0.25, -0.2) is 0 Å². The fraction of sp³-hybridized carbons (Fsp3) is 0.824. The minimum atomic E-state index is 0.156. The van der Waals surface area contributed by atoms with Gasteiger partial charge in [-0.2, -0.15) is 4.98 Å². The molecule has 0 bridgehead atoms. The first kappa shape index (κ1) is 17.4. The summed E-state index contributed by atoms with van der Waals surface area (Å²) in [5.41, 5.74) is 0. The largest absolute Gasteiger partial charge is 0.343 e. The van der Waals surface area contributed by atoms with Crippen molar-refractivity contribution in [3.63, 3.8) is 0 Å². The van der Waals surface area contributed by atoms with Crippen LogP contribution in [0.15, 0.2) is 4.52 Å². The molecule has 2 aliphatic heterocycles. The normalized spacial score (nSPS) is 21.8. The molecule has 1 aromatic heterocycles. The van der Waals surface area contributed by atoms with Crippen molar-refractivity contribution < 1.29 is 9.32 Å². The quantitative estimate of drug-likeness (QED) is 0.812. The van der Waals surface area contributed by atoms with Crippen LogP contribution in [0.2, 0.25) is 0 Å². The maximum Gasteiger partial charge on any atom is 0.243 e. The summed E-state index contributed by atoms with van der Waals surface area (Å²) in [5, 5.41) is 3.88. The molecule has 0 unspecified atom stereocenters. The van der Waals surface area contributed by atoms with Crippen molar-refractivity contribution in [2.75, 3.05) is 45.8 Å². The molecule has 134 valence electrons. The molecule has 0 N–H and O–H groups in total. The van der Waals surface area contributed by atoms with Crippen molar-refractivity contribution >= 4 is 5.91 Å². The standard InChI is InChI=1S/C17H29N5O2/c1-14(17-18-15(2)19-24-17)21-12-10-20(11-13-21)9-6-16(23)22-7-4-3-5-8-22/h14H,3-13H2,1-2H3/t14-/m1/s1. The zero-order valence-electron chi connectivity index (χ0n) is 14.9. The topological polar surface area (TPSA) is 65.7 Å². The first-order valence-corrected chi connectivity index (χ1v) is 9.18. The van der Waals surface area contributed by atoms with E-state index in [1.165, 1.54) is 6.42 Å². The summed E-state index contributed by atoms with van der Waals surface area (Å²) in [6.07, 6.45) is 4.25. The number of rotatable bonds is 5. The molecule has 0 aliphatic carbocycles. The van der Waals surface area contributed by atoms with Crippen molar-refractivity contribution in [2.45, 2.75) is 45.6 Å². The van der Waals surface area contributed by atoms with Crippen LogP contribution in [-0.2, 0) is 4.79 Å². The molecule has 3 heterocycles. The minimum Gasteiger partial charge on any atom is -0.343 e. The molecule has 2 saturated heterocycles. The molecular formula is C17H29N5O2. The molecule has 1 atom stereocenters. The Bertz CT molecular complexity index is 533. The van der Waals surface area contributed by atoms with E-state index in [2.05, 4.69) is 26.9 Å². The third-order valence-corrected chi connectivity index (χ3v) is 5.21. The van der Waals surface area contributed by atoms with Crippen molar-refractivity contribution in [3.05, 3.63) is 11.7 Å². The van der Waals surface area contributed by atoms with Crippen molar-refractivity contribution in [1.82, 2.24) is 24.8 Å². The second-order valence-electron chi connectivity index (χ2n) is 6.92. The van der Waals surface area contributed by atoms with Gasteiger partial charge in [0.1, 0.15) is 0 Å². The highest BCUT2D eigenvalue weighted by molar-refractivity contribution is 5.76. The molecule has 7 heteroatoms. The van der Waals surface area contributed by atoms with Gasteiger partial charge < -0.3 is 14.3 Å².